The molecule has 13 heteroatoms. The largest absolute Gasteiger partial charge is 0.416 e. The lowest BCUT2D eigenvalue weighted by atomic mass is 9.85. The van der Waals surface area contributed by atoms with Crippen molar-refractivity contribution in [2.45, 2.75) is 44.4 Å². The zero-order chi connectivity index (χ0) is 29.7. The molecule has 2 aliphatic heterocycles. The molecule has 0 radical (unpaired) electrons. The molecule has 3 aromatic rings. The molecule has 0 aliphatic carbocycles. The fourth-order valence-corrected chi connectivity index (χ4v) is 5.66. The van der Waals surface area contributed by atoms with E-state index in [1.54, 1.807) is 36.9 Å². The number of aromatic nitrogens is 2. The van der Waals surface area contributed by atoms with Crippen LogP contribution >= 0.6 is 0 Å². The molecule has 2 aromatic heterocycles. The Hall–Kier alpha value is -4.16. The summed E-state index contributed by atoms with van der Waals surface area (Å²) in [5.41, 5.74) is -1.21. The fourth-order valence-electron chi connectivity index (χ4n) is 5.66. The number of hydrogen-bond donors (Lipinski definition) is 1. The highest BCUT2D eigenvalue weighted by Gasteiger charge is 2.53. The van der Waals surface area contributed by atoms with Gasteiger partial charge in [0.25, 0.3) is 5.91 Å². The molecular formula is C28H30F4N6O3. The second-order valence-electron chi connectivity index (χ2n) is 10.9. The van der Waals surface area contributed by atoms with Crippen LogP contribution in [0.3, 0.4) is 0 Å². The molecule has 9 nitrogen and oxygen atoms in total. The minimum Gasteiger partial charge on any atom is -0.341 e. The Kier molecular flexibility index (Phi) is 7.16. The molecule has 0 saturated carbocycles. The van der Waals surface area contributed by atoms with E-state index in [0.717, 1.165) is 11.3 Å². The topological polar surface area (TPSA) is 90.3 Å². The number of anilines is 1. The van der Waals surface area contributed by atoms with Gasteiger partial charge in [0.1, 0.15) is 23.0 Å². The summed E-state index contributed by atoms with van der Waals surface area (Å²) in [6.07, 6.45) is 1.33. The number of halogens is 4. The third-order valence-corrected chi connectivity index (χ3v) is 7.96. The Bertz CT molecular complexity index is 1500. The molecule has 0 bridgehead atoms. The first kappa shape index (κ1) is 28.4. The van der Waals surface area contributed by atoms with Gasteiger partial charge >= 0.3 is 6.18 Å². The smallest absolute Gasteiger partial charge is 0.341 e. The van der Waals surface area contributed by atoms with Crippen LogP contribution in [0, 0.1) is 11.7 Å². The minimum atomic E-state index is -4.76. The number of nitrogens with one attached hydrogen (secondary N) is 1. The van der Waals surface area contributed by atoms with Crippen molar-refractivity contribution in [1.29, 1.82) is 0 Å². The number of piperidine rings is 1. The normalized spacial score (nSPS) is 18.0. The van der Waals surface area contributed by atoms with Crippen LogP contribution < -0.4 is 10.2 Å². The second-order valence-corrected chi connectivity index (χ2v) is 10.9. The first-order valence-electron chi connectivity index (χ1n) is 13.2. The molecule has 1 atom stereocenters. The van der Waals surface area contributed by atoms with Crippen molar-refractivity contribution in [2.24, 2.45) is 5.92 Å². The number of likely N-dealkylation sites (tertiary alicyclic amines) is 1. The molecule has 1 spiro atoms. The minimum absolute atomic E-state index is 0.0518. The Morgan fingerprint density at radius 2 is 1.80 bits per heavy atom. The van der Waals surface area contributed by atoms with E-state index in [9.17, 15) is 31.9 Å². The van der Waals surface area contributed by atoms with E-state index in [4.69, 9.17) is 0 Å². The molecular weight excluding hydrogens is 544 g/mol. The van der Waals surface area contributed by atoms with Crippen molar-refractivity contribution in [3.63, 3.8) is 0 Å². The maximum atomic E-state index is 14.3. The first-order chi connectivity index (χ1) is 19.3. The molecule has 218 valence electrons. The predicted molar refractivity (Wildman–Crippen MR) is 141 cm³/mol. The average molecular weight is 575 g/mol. The van der Waals surface area contributed by atoms with Crippen molar-refractivity contribution in [3.05, 3.63) is 65.9 Å². The van der Waals surface area contributed by atoms with Crippen molar-refractivity contribution < 1.29 is 31.9 Å². The van der Waals surface area contributed by atoms with E-state index in [-0.39, 0.29) is 19.0 Å². The molecule has 2 saturated heterocycles. The molecule has 2 fully saturated rings. The summed E-state index contributed by atoms with van der Waals surface area (Å²) >= 11 is 0. The van der Waals surface area contributed by atoms with E-state index in [0.29, 0.717) is 37.7 Å². The van der Waals surface area contributed by atoms with Crippen LogP contribution in [-0.4, -0.2) is 75.3 Å². The second kappa shape index (κ2) is 10.3. The Balaban J connectivity index is 1.33. The van der Waals surface area contributed by atoms with Gasteiger partial charge in [0.2, 0.25) is 11.8 Å². The summed E-state index contributed by atoms with van der Waals surface area (Å²) in [6.45, 7) is 4.18. The van der Waals surface area contributed by atoms with Gasteiger partial charge in [-0.05, 0) is 49.1 Å². The zero-order valence-electron chi connectivity index (χ0n) is 22.8. The van der Waals surface area contributed by atoms with Gasteiger partial charge < -0.3 is 24.4 Å². The molecule has 1 unspecified atom stereocenters. The van der Waals surface area contributed by atoms with E-state index in [2.05, 4.69) is 10.3 Å². The van der Waals surface area contributed by atoms with Gasteiger partial charge in [0, 0.05) is 38.7 Å². The van der Waals surface area contributed by atoms with Gasteiger partial charge in [0.15, 0.2) is 0 Å². The van der Waals surface area contributed by atoms with Gasteiger partial charge in [-0.2, -0.15) is 13.2 Å². The Morgan fingerprint density at radius 3 is 2.46 bits per heavy atom. The van der Waals surface area contributed by atoms with Crippen molar-refractivity contribution in [2.75, 3.05) is 31.7 Å². The van der Waals surface area contributed by atoms with Crippen LogP contribution in [0.2, 0.25) is 0 Å². The lowest BCUT2D eigenvalue weighted by molar-refractivity contribution is -0.139. The van der Waals surface area contributed by atoms with Crippen LogP contribution in [0.4, 0.5) is 23.2 Å². The highest BCUT2D eigenvalue weighted by molar-refractivity contribution is 5.98. The first-order valence-corrected chi connectivity index (χ1v) is 13.2. The number of imidazole rings is 1. The van der Waals surface area contributed by atoms with E-state index in [1.165, 1.54) is 0 Å². The number of benzene rings is 1. The van der Waals surface area contributed by atoms with Crippen LogP contribution in [0.5, 0.6) is 0 Å². The van der Waals surface area contributed by atoms with Gasteiger partial charge in [-0.25, -0.2) is 9.37 Å². The number of rotatable bonds is 5. The lowest BCUT2D eigenvalue weighted by Crippen LogP contribution is -2.60. The number of nitrogens with zero attached hydrogens (tertiary/aromatic N) is 5. The summed E-state index contributed by atoms with van der Waals surface area (Å²) < 4.78 is 55.6. The number of amides is 3. The molecule has 5 rings (SSSR count). The van der Waals surface area contributed by atoms with Gasteiger partial charge in [-0.3, -0.25) is 14.4 Å². The van der Waals surface area contributed by atoms with Crippen LogP contribution in [0.1, 0.15) is 42.6 Å². The summed E-state index contributed by atoms with van der Waals surface area (Å²) in [4.78, 5) is 49.3. The maximum absolute atomic E-state index is 14.3. The summed E-state index contributed by atoms with van der Waals surface area (Å²) in [6, 6.07) is 4.25. The van der Waals surface area contributed by atoms with Gasteiger partial charge in [-0.1, -0.05) is 13.8 Å². The zero-order valence-corrected chi connectivity index (χ0v) is 22.8. The molecule has 41 heavy (non-hydrogen) atoms. The van der Waals surface area contributed by atoms with Crippen LogP contribution in [0.25, 0.3) is 5.65 Å². The van der Waals surface area contributed by atoms with Crippen LogP contribution in [0.15, 0.2) is 48.9 Å². The predicted octanol–water partition coefficient (Wildman–Crippen LogP) is 3.54. The highest BCUT2D eigenvalue weighted by atomic mass is 19.4. The number of hydrogen-bond acceptors (Lipinski definition) is 5. The quantitative estimate of drug-likeness (QED) is 0.471. The molecule has 4 heterocycles. The summed E-state index contributed by atoms with van der Waals surface area (Å²) in [7, 11) is 1.73. The number of carbonyl (C=O) groups is 3. The van der Waals surface area contributed by atoms with Crippen molar-refractivity contribution >= 4 is 29.1 Å². The highest BCUT2D eigenvalue weighted by Crippen LogP contribution is 2.39. The average Bonchev–Trinajstić information content (AvgIpc) is 3.49. The number of fused-ring (bicyclic) bond motifs is 1. The van der Waals surface area contributed by atoms with Gasteiger partial charge in [0.05, 0.1) is 23.5 Å². The monoisotopic (exact) mass is 574 g/mol. The number of carbonyl (C=O) groups excluding carboxylic acids is 3. The summed E-state index contributed by atoms with van der Waals surface area (Å²) in [5.74, 6) is -3.16. The number of alkyl halides is 3. The molecule has 2 aliphatic rings. The third kappa shape index (κ3) is 5.08. The Morgan fingerprint density at radius 1 is 1.10 bits per heavy atom. The van der Waals surface area contributed by atoms with Crippen molar-refractivity contribution in [1.82, 2.24) is 24.5 Å². The maximum Gasteiger partial charge on any atom is 0.416 e. The van der Waals surface area contributed by atoms with Gasteiger partial charge in [-0.15, -0.1) is 0 Å². The lowest BCUT2D eigenvalue weighted by Gasteiger charge is -2.44. The third-order valence-electron chi connectivity index (χ3n) is 7.96. The number of pyridine rings is 1. The van der Waals surface area contributed by atoms with E-state index in [1.807, 2.05) is 33.8 Å². The Labute approximate surface area is 233 Å². The molecule has 1 aromatic carbocycles. The number of likely N-dealkylation sites (N-methyl/N-ethyl adjacent to an activating group) is 1. The molecule has 3 amide bonds. The standard InChI is InChI=1S/C28H30F4N6O3/c1-17(2)23(34-24(39)20-14-18(28(30,31)32)4-6-21(20)29)25(40)36-11-8-27(9-12-36)26(41)35(3)16-38(27)19-5-7-22-33-10-13-37(22)15-19/h4-7,10,13-15,17,23H,8-9,11-12,16H2,1-3H3,(H,34,39). The molecule has 1 N–H and O–H groups in total. The van der Waals surface area contributed by atoms with E-state index >= 15 is 0 Å². The fraction of sp³-hybridized carbons (Fsp3) is 0.429. The van der Waals surface area contributed by atoms with Crippen LogP contribution in [-0.2, 0) is 15.8 Å². The van der Waals surface area contributed by atoms with E-state index < -0.39 is 52.4 Å². The van der Waals surface area contributed by atoms with Crippen molar-refractivity contribution in [3.8, 4) is 0 Å². The summed E-state index contributed by atoms with van der Waals surface area (Å²) in [5, 5.41) is 2.44. The SMILES string of the molecule is CC(C)C(NC(=O)c1cc(C(F)(F)F)ccc1F)C(=O)N1CCC2(CC1)C(=O)N(C)CN2c1ccc2nccn2c1.